The summed E-state index contributed by atoms with van der Waals surface area (Å²) < 4.78 is 0. The highest BCUT2D eigenvalue weighted by Crippen LogP contribution is 2.28. The molecular formula is C15H19N5O. The molecule has 0 bridgehead atoms. The molecule has 0 radical (unpaired) electrons. The topological polar surface area (TPSA) is 81.9 Å². The Labute approximate surface area is 124 Å². The lowest BCUT2D eigenvalue weighted by Gasteiger charge is -2.32. The summed E-state index contributed by atoms with van der Waals surface area (Å²) in [5.74, 6) is 1.40. The van der Waals surface area contributed by atoms with Crippen LogP contribution in [0.25, 0.3) is 0 Å². The SMILES string of the molecule is N#Cc1nccnc1N1CCCC(C(=O)NCC2CC2)C1. The fraction of sp³-hybridized carbons (Fsp3) is 0.600. The first-order valence-corrected chi connectivity index (χ1v) is 7.51. The molecule has 1 atom stereocenters. The summed E-state index contributed by atoms with van der Waals surface area (Å²) in [5, 5.41) is 12.2. The van der Waals surface area contributed by atoms with E-state index in [0.717, 1.165) is 25.9 Å². The molecule has 2 fully saturated rings. The molecule has 1 saturated carbocycles. The second kappa shape index (κ2) is 6.08. The average molecular weight is 285 g/mol. The number of hydrogen-bond acceptors (Lipinski definition) is 5. The molecule has 1 amide bonds. The van der Waals surface area contributed by atoms with Crippen LogP contribution in [0.1, 0.15) is 31.4 Å². The zero-order chi connectivity index (χ0) is 14.7. The molecule has 0 spiro atoms. The molecule has 1 saturated heterocycles. The third kappa shape index (κ3) is 3.30. The van der Waals surface area contributed by atoms with Crippen molar-refractivity contribution < 1.29 is 4.79 Å². The minimum Gasteiger partial charge on any atom is -0.356 e. The molecule has 0 aromatic carbocycles. The zero-order valence-electron chi connectivity index (χ0n) is 12.0. The van der Waals surface area contributed by atoms with Gasteiger partial charge in [-0.1, -0.05) is 0 Å². The summed E-state index contributed by atoms with van der Waals surface area (Å²) >= 11 is 0. The van der Waals surface area contributed by atoms with Crippen molar-refractivity contribution in [2.45, 2.75) is 25.7 Å². The average Bonchev–Trinajstić information content (AvgIpc) is 3.37. The monoisotopic (exact) mass is 285 g/mol. The third-order valence-electron chi connectivity index (χ3n) is 4.14. The van der Waals surface area contributed by atoms with Gasteiger partial charge in [0.15, 0.2) is 11.5 Å². The van der Waals surface area contributed by atoms with Crippen LogP contribution in [-0.4, -0.2) is 35.5 Å². The summed E-state index contributed by atoms with van der Waals surface area (Å²) in [7, 11) is 0. The summed E-state index contributed by atoms with van der Waals surface area (Å²) in [5.41, 5.74) is 0.330. The van der Waals surface area contributed by atoms with E-state index in [4.69, 9.17) is 5.26 Å². The van der Waals surface area contributed by atoms with Crippen molar-refractivity contribution in [1.82, 2.24) is 15.3 Å². The third-order valence-corrected chi connectivity index (χ3v) is 4.14. The minimum absolute atomic E-state index is 0.0222. The Hall–Kier alpha value is -2.16. The lowest BCUT2D eigenvalue weighted by atomic mass is 9.97. The molecule has 1 aromatic heterocycles. The molecule has 3 rings (SSSR count). The van der Waals surface area contributed by atoms with Crippen molar-refractivity contribution in [3.05, 3.63) is 18.1 Å². The minimum atomic E-state index is -0.0222. The first-order chi connectivity index (χ1) is 10.3. The van der Waals surface area contributed by atoms with Gasteiger partial charge in [0.2, 0.25) is 5.91 Å². The van der Waals surface area contributed by atoms with E-state index in [9.17, 15) is 4.79 Å². The van der Waals surface area contributed by atoms with Gasteiger partial charge in [-0.3, -0.25) is 4.79 Å². The molecule has 21 heavy (non-hydrogen) atoms. The summed E-state index contributed by atoms with van der Waals surface area (Å²) in [4.78, 5) is 22.5. The maximum Gasteiger partial charge on any atom is 0.224 e. The molecule has 1 aliphatic carbocycles. The van der Waals surface area contributed by atoms with Gasteiger partial charge in [0, 0.05) is 32.0 Å². The Bertz CT molecular complexity index is 563. The number of anilines is 1. The number of piperidine rings is 1. The van der Waals surface area contributed by atoms with Gasteiger partial charge in [0.05, 0.1) is 5.92 Å². The number of hydrogen-bond donors (Lipinski definition) is 1. The fourth-order valence-corrected chi connectivity index (χ4v) is 2.74. The molecule has 6 nitrogen and oxygen atoms in total. The van der Waals surface area contributed by atoms with E-state index in [1.165, 1.54) is 19.0 Å². The molecule has 2 heterocycles. The van der Waals surface area contributed by atoms with E-state index in [1.54, 1.807) is 6.20 Å². The van der Waals surface area contributed by atoms with Crippen molar-refractivity contribution in [3.63, 3.8) is 0 Å². The van der Waals surface area contributed by atoms with Gasteiger partial charge in [-0.2, -0.15) is 5.26 Å². The van der Waals surface area contributed by atoms with E-state index in [-0.39, 0.29) is 11.8 Å². The van der Waals surface area contributed by atoms with Crippen LogP contribution in [0.3, 0.4) is 0 Å². The van der Waals surface area contributed by atoms with Gasteiger partial charge in [0.25, 0.3) is 0 Å². The van der Waals surface area contributed by atoms with Crippen LogP contribution in [0.4, 0.5) is 5.82 Å². The van der Waals surface area contributed by atoms with E-state index < -0.39 is 0 Å². The van der Waals surface area contributed by atoms with Crippen LogP contribution >= 0.6 is 0 Å². The maximum atomic E-state index is 12.2. The molecule has 1 aromatic rings. The summed E-state index contributed by atoms with van der Waals surface area (Å²) in [6, 6.07) is 2.07. The van der Waals surface area contributed by atoms with E-state index in [1.807, 2.05) is 4.90 Å². The molecule has 110 valence electrons. The molecule has 1 N–H and O–H groups in total. The largest absolute Gasteiger partial charge is 0.356 e. The van der Waals surface area contributed by atoms with Gasteiger partial charge in [0.1, 0.15) is 6.07 Å². The second-order valence-corrected chi connectivity index (χ2v) is 5.81. The van der Waals surface area contributed by atoms with Crippen molar-refractivity contribution in [3.8, 4) is 6.07 Å². The van der Waals surface area contributed by atoms with Gasteiger partial charge in [-0.15, -0.1) is 0 Å². The molecule has 6 heteroatoms. The maximum absolute atomic E-state index is 12.2. The number of rotatable bonds is 4. The lowest BCUT2D eigenvalue weighted by molar-refractivity contribution is -0.125. The predicted molar refractivity (Wildman–Crippen MR) is 77.4 cm³/mol. The van der Waals surface area contributed by atoms with Crippen molar-refractivity contribution in [2.75, 3.05) is 24.5 Å². The zero-order valence-corrected chi connectivity index (χ0v) is 12.0. The highest BCUT2D eigenvalue weighted by molar-refractivity contribution is 5.79. The van der Waals surface area contributed by atoms with Gasteiger partial charge < -0.3 is 10.2 Å². The van der Waals surface area contributed by atoms with Crippen LogP contribution in [0, 0.1) is 23.2 Å². The number of carbonyl (C=O) groups is 1. The number of nitriles is 1. The first kappa shape index (κ1) is 13.8. The van der Waals surface area contributed by atoms with Crippen LogP contribution in [-0.2, 0) is 4.79 Å². The number of aromatic nitrogens is 2. The predicted octanol–water partition coefficient (Wildman–Crippen LogP) is 1.09. The quantitative estimate of drug-likeness (QED) is 0.895. The van der Waals surface area contributed by atoms with Crippen LogP contribution in [0.5, 0.6) is 0 Å². The number of nitrogens with one attached hydrogen (secondary N) is 1. The Morgan fingerprint density at radius 2 is 2.19 bits per heavy atom. The van der Waals surface area contributed by atoms with Crippen LogP contribution in [0.2, 0.25) is 0 Å². The number of amides is 1. The van der Waals surface area contributed by atoms with Gasteiger partial charge in [-0.05, 0) is 31.6 Å². The lowest BCUT2D eigenvalue weighted by Crippen LogP contribution is -2.44. The first-order valence-electron chi connectivity index (χ1n) is 7.51. The number of nitrogens with zero attached hydrogens (tertiary/aromatic N) is 4. The Kier molecular flexibility index (Phi) is 4.00. The van der Waals surface area contributed by atoms with Crippen molar-refractivity contribution >= 4 is 11.7 Å². The van der Waals surface area contributed by atoms with E-state index in [0.29, 0.717) is 24.0 Å². The highest BCUT2D eigenvalue weighted by Gasteiger charge is 2.29. The number of carbonyl (C=O) groups excluding carboxylic acids is 1. The Morgan fingerprint density at radius 1 is 1.38 bits per heavy atom. The molecule has 1 unspecified atom stereocenters. The van der Waals surface area contributed by atoms with Crippen molar-refractivity contribution in [1.29, 1.82) is 5.26 Å². The van der Waals surface area contributed by atoms with Crippen molar-refractivity contribution in [2.24, 2.45) is 11.8 Å². The normalized spacial score (nSPS) is 21.7. The van der Waals surface area contributed by atoms with E-state index >= 15 is 0 Å². The molecule has 1 aliphatic heterocycles. The molecule has 2 aliphatic rings. The second-order valence-electron chi connectivity index (χ2n) is 5.81. The highest BCUT2D eigenvalue weighted by atomic mass is 16.1. The van der Waals surface area contributed by atoms with Crippen LogP contribution < -0.4 is 10.2 Å². The summed E-state index contributed by atoms with van der Waals surface area (Å²) in [6.45, 7) is 2.24. The van der Waals surface area contributed by atoms with Gasteiger partial charge in [-0.25, -0.2) is 9.97 Å². The standard InChI is InChI=1S/C15H19N5O/c16-8-13-14(18-6-5-17-13)20-7-1-2-12(10-20)15(21)19-9-11-3-4-11/h5-6,11-12H,1-4,7,9-10H2,(H,19,21). The Balaban J connectivity index is 1.64. The van der Waals surface area contributed by atoms with Gasteiger partial charge >= 0.3 is 0 Å². The van der Waals surface area contributed by atoms with Crippen LogP contribution in [0.15, 0.2) is 12.4 Å². The van der Waals surface area contributed by atoms with E-state index in [2.05, 4.69) is 21.4 Å². The smallest absolute Gasteiger partial charge is 0.224 e. The summed E-state index contributed by atoms with van der Waals surface area (Å²) in [6.07, 6.45) is 7.42. The Morgan fingerprint density at radius 3 is 2.95 bits per heavy atom. The fourth-order valence-electron chi connectivity index (χ4n) is 2.74. The molecular weight excluding hydrogens is 266 g/mol.